The number of carbonyl (C=O) groups excluding carboxylic acids is 2. The van der Waals surface area contributed by atoms with Gasteiger partial charge in [-0.2, -0.15) is 0 Å². The minimum atomic E-state index is -0.397. The molecule has 37 heavy (non-hydrogen) atoms. The van der Waals surface area contributed by atoms with Crippen LogP contribution in [0.15, 0.2) is 48.5 Å². The average molecular weight is 522 g/mol. The SMILES string of the molecule is CCCCCCCCCCCCCCNNC(=O)c1ccc(Cc2c(C(N)=O)sc3ccccc23)cc1. The maximum Gasteiger partial charge on any atom is 0.265 e. The number of rotatable bonds is 18. The topological polar surface area (TPSA) is 84.2 Å². The van der Waals surface area contributed by atoms with E-state index in [1.807, 2.05) is 48.5 Å². The molecule has 0 bridgehead atoms. The number of nitrogens with two attached hydrogens (primary N) is 1. The van der Waals surface area contributed by atoms with Crippen LogP contribution in [0.2, 0.25) is 0 Å². The van der Waals surface area contributed by atoms with Gasteiger partial charge in [-0.25, -0.2) is 5.43 Å². The number of hydrazine groups is 1. The van der Waals surface area contributed by atoms with E-state index in [-0.39, 0.29) is 5.91 Å². The molecule has 0 saturated carbocycles. The molecule has 0 unspecified atom stereocenters. The third kappa shape index (κ3) is 9.60. The number of amides is 2. The Bertz CT molecular complexity index is 1110. The van der Waals surface area contributed by atoms with Crippen LogP contribution in [0.3, 0.4) is 0 Å². The summed E-state index contributed by atoms with van der Waals surface area (Å²) in [6, 6.07) is 15.5. The summed E-state index contributed by atoms with van der Waals surface area (Å²) in [5, 5.41) is 1.06. The van der Waals surface area contributed by atoms with Gasteiger partial charge in [0, 0.05) is 16.8 Å². The molecule has 0 spiro atoms. The Morgan fingerprint density at radius 3 is 2.00 bits per heavy atom. The zero-order chi connectivity index (χ0) is 26.3. The van der Waals surface area contributed by atoms with Gasteiger partial charge >= 0.3 is 0 Å². The fourth-order valence-corrected chi connectivity index (χ4v) is 5.79. The van der Waals surface area contributed by atoms with E-state index in [0.29, 0.717) is 16.9 Å². The van der Waals surface area contributed by atoms with E-state index in [1.165, 1.54) is 82.0 Å². The van der Waals surface area contributed by atoms with Crippen molar-refractivity contribution in [3.63, 3.8) is 0 Å². The highest BCUT2D eigenvalue weighted by atomic mass is 32.1. The molecule has 2 aromatic carbocycles. The predicted octanol–water partition coefficient (Wildman–Crippen LogP) is 7.53. The quantitative estimate of drug-likeness (QED) is 0.119. The lowest BCUT2D eigenvalue weighted by Crippen LogP contribution is -2.37. The number of nitrogens with one attached hydrogen (secondary N) is 2. The summed E-state index contributed by atoms with van der Waals surface area (Å²) in [5.74, 6) is -0.532. The molecule has 6 heteroatoms. The van der Waals surface area contributed by atoms with Gasteiger partial charge in [0.15, 0.2) is 0 Å². The summed E-state index contributed by atoms with van der Waals surface area (Å²) in [5.41, 5.74) is 14.1. The predicted molar refractivity (Wildman–Crippen MR) is 156 cm³/mol. The minimum absolute atomic E-state index is 0.135. The van der Waals surface area contributed by atoms with Gasteiger partial charge in [0.05, 0.1) is 4.88 Å². The van der Waals surface area contributed by atoms with Crippen molar-refractivity contribution in [1.82, 2.24) is 10.9 Å². The molecule has 0 radical (unpaired) electrons. The highest BCUT2D eigenvalue weighted by Gasteiger charge is 2.16. The van der Waals surface area contributed by atoms with Crippen molar-refractivity contribution >= 4 is 33.2 Å². The molecule has 0 aliphatic carbocycles. The van der Waals surface area contributed by atoms with E-state index >= 15 is 0 Å². The molecular weight excluding hydrogens is 478 g/mol. The molecule has 0 aliphatic rings. The molecule has 0 atom stereocenters. The highest BCUT2D eigenvalue weighted by Crippen LogP contribution is 2.32. The van der Waals surface area contributed by atoms with E-state index in [1.54, 1.807) is 0 Å². The Morgan fingerprint density at radius 1 is 0.784 bits per heavy atom. The number of benzene rings is 2. The molecule has 3 aromatic rings. The summed E-state index contributed by atoms with van der Waals surface area (Å²) in [7, 11) is 0. The van der Waals surface area contributed by atoms with Crippen molar-refractivity contribution in [2.75, 3.05) is 6.54 Å². The van der Waals surface area contributed by atoms with Crippen LogP contribution in [0.4, 0.5) is 0 Å². The Kier molecular flexibility index (Phi) is 12.6. The van der Waals surface area contributed by atoms with Crippen LogP contribution >= 0.6 is 11.3 Å². The summed E-state index contributed by atoms with van der Waals surface area (Å²) >= 11 is 1.44. The third-order valence-electron chi connectivity index (χ3n) is 6.88. The molecule has 200 valence electrons. The third-order valence-corrected chi connectivity index (χ3v) is 8.10. The van der Waals surface area contributed by atoms with Crippen LogP contribution in [0, 0.1) is 0 Å². The van der Waals surface area contributed by atoms with Crippen molar-refractivity contribution in [3.05, 3.63) is 70.1 Å². The first kappa shape index (κ1) is 28.9. The van der Waals surface area contributed by atoms with Gasteiger partial charge in [0.1, 0.15) is 0 Å². The number of carbonyl (C=O) groups is 2. The van der Waals surface area contributed by atoms with Gasteiger partial charge in [-0.1, -0.05) is 108 Å². The van der Waals surface area contributed by atoms with Gasteiger partial charge < -0.3 is 5.73 Å². The molecule has 3 rings (SSSR count). The fourth-order valence-electron chi connectivity index (χ4n) is 4.72. The molecule has 1 heterocycles. The molecule has 1 aromatic heterocycles. The van der Waals surface area contributed by atoms with Gasteiger partial charge in [-0.15, -0.1) is 11.3 Å². The first-order valence-corrected chi connectivity index (χ1v) is 14.8. The van der Waals surface area contributed by atoms with E-state index in [4.69, 9.17) is 5.73 Å². The largest absolute Gasteiger partial charge is 0.365 e. The summed E-state index contributed by atoms with van der Waals surface area (Å²) < 4.78 is 1.06. The number of hydrogen-bond acceptors (Lipinski definition) is 4. The Morgan fingerprint density at radius 2 is 1.38 bits per heavy atom. The second-order valence-electron chi connectivity index (χ2n) is 9.91. The second-order valence-corrected chi connectivity index (χ2v) is 11.0. The maximum absolute atomic E-state index is 12.5. The summed E-state index contributed by atoms with van der Waals surface area (Å²) in [6.45, 7) is 3.05. The fraction of sp³-hybridized carbons (Fsp3) is 0.484. The number of hydrogen-bond donors (Lipinski definition) is 3. The monoisotopic (exact) mass is 521 g/mol. The normalized spacial score (nSPS) is 11.2. The van der Waals surface area contributed by atoms with Gasteiger partial charge in [0.2, 0.25) is 0 Å². The van der Waals surface area contributed by atoms with Crippen molar-refractivity contribution in [3.8, 4) is 0 Å². The van der Waals surface area contributed by atoms with Crippen LogP contribution in [0.1, 0.15) is 115 Å². The van der Waals surface area contributed by atoms with Crippen molar-refractivity contribution in [2.24, 2.45) is 5.73 Å². The molecule has 4 N–H and O–H groups in total. The Hall–Kier alpha value is -2.70. The lowest BCUT2D eigenvalue weighted by molar-refractivity contribution is 0.0932. The van der Waals surface area contributed by atoms with Crippen LogP contribution in [0.25, 0.3) is 10.1 Å². The number of primary amides is 1. The van der Waals surface area contributed by atoms with Crippen LogP contribution in [0.5, 0.6) is 0 Å². The highest BCUT2D eigenvalue weighted by molar-refractivity contribution is 7.21. The van der Waals surface area contributed by atoms with Gasteiger partial charge in [-0.05, 0) is 47.6 Å². The lowest BCUT2D eigenvalue weighted by atomic mass is 10.0. The maximum atomic E-state index is 12.5. The second kappa shape index (κ2) is 16.2. The lowest BCUT2D eigenvalue weighted by Gasteiger charge is -2.08. The smallest absolute Gasteiger partial charge is 0.265 e. The first-order valence-electron chi connectivity index (χ1n) is 14.0. The molecular formula is C31H43N3O2S. The van der Waals surface area contributed by atoms with E-state index < -0.39 is 5.91 Å². The summed E-state index contributed by atoms with van der Waals surface area (Å²) in [4.78, 5) is 25.1. The molecule has 0 fully saturated rings. The van der Waals surface area contributed by atoms with E-state index in [2.05, 4.69) is 17.8 Å². The van der Waals surface area contributed by atoms with Crippen LogP contribution in [-0.2, 0) is 6.42 Å². The van der Waals surface area contributed by atoms with Gasteiger partial charge in [0.25, 0.3) is 11.8 Å². The Labute approximate surface area is 226 Å². The van der Waals surface area contributed by atoms with E-state index in [0.717, 1.165) is 34.2 Å². The zero-order valence-corrected chi connectivity index (χ0v) is 23.1. The van der Waals surface area contributed by atoms with Crippen LogP contribution in [-0.4, -0.2) is 18.4 Å². The number of fused-ring (bicyclic) bond motifs is 1. The Balaban J connectivity index is 1.31. The summed E-state index contributed by atoms with van der Waals surface area (Å²) in [6.07, 6.45) is 16.4. The van der Waals surface area contributed by atoms with Crippen molar-refractivity contribution in [2.45, 2.75) is 90.4 Å². The number of unbranched alkanes of at least 4 members (excludes halogenated alkanes) is 11. The van der Waals surface area contributed by atoms with Crippen molar-refractivity contribution < 1.29 is 9.59 Å². The standard InChI is InChI=1S/C31H43N3O2S/c1-2-3-4-5-6-7-8-9-10-11-12-15-22-33-34-31(36)25-20-18-24(19-21-25)23-27-26-16-13-14-17-28(26)37-29(27)30(32)35/h13-14,16-21,33H,2-12,15,22-23H2,1H3,(H2,32,35)(H,34,36). The first-order chi connectivity index (χ1) is 18.1. The molecule has 0 aliphatic heterocycles. The molecule has 0 saturated heterocycles. The number of thiophene rings is 1. The molecule has 2 amide bonds. The average Bonchev–Trinajstić information content (AvgIpc) is 3.28. The molecule has 5 nitrogen and oxygen atoms in total. The van der Waals surface area contributed by atoms with E-state index in [9.17, 15) is 9.59 Å². The zero-order valence-electron chi connectivity index (χ0n) is 22.3. The van der Waals surface area contributed by atoms with Gasteiger partial charge in [-0.3, -0.25) is 15.0 Å². The minimum Gasteiger partial charge on any atom is -0.365 e. The van der Waals surface area contributed by atoms with Crippen molar-refractivity contribution in [1.29, 1.82) is 0 Å². The van der Waals surface area contributed by atoms with Crippen LogP contribution < -0.4 is 16.6 Å².